The zero-order chi connectivity index (χ0) is 34.3. The third-order valence-corrected chi connectivity index (χ3v) is 11.3. The molecule has 1 aliphatic rings. The second kappa shape index (κ2) is 16.2. The van der Waals surface area contributed by atoms with Crippen molar-refractivity contribution in [2.75, 3.05) is 10.8 Å². The van der Waals surface area contributed by atoms with Crippen molar-refractivity contribution in [2.45, 2.75) is 75.9 Å². The average Bonchev–Trinajstić information content (AvgIpc) is 3.07. The van der Waals surface area contributed by atoms with Gasteiger partial charge in [-0.05, 0) is 79.8 Å². The van der Waals surface area contributed by atoms with Gasteiger partial charge in [0.25, 0.3) is 10.0 Å². The Bertz CT molecular complexity index is 1830. The number of carbonyl (C=O) groups excluding carboxylic acids is 2. The molecule has 1 N–H and O–H groups in total. The number of anilines is 1. The van der Waals surface area contributed by atoms with Crippen molar-refractivity contribution in [3.8, 4) is 0 Å². The molecule has 48 heavy (non-hydrogen) atoms. The van der Waals surface area contributed by atoms with E-state index >= 15 is 0 Å². The maximum absolute atomic E-state index is 14.8. The highest BCUT2D eigenvalue weighted by atomic mass is 79.9. The predicted octanol–water partition coefficient (Wildman–Crippen LogP) is 8.00. The topological polar surface area (TPSA) is 86.8 Å². The number of amides is 2. The summed E-state index contributed by atoms with van der Waals surface area (Å²) in [7, 11) is -4.23. The Kier molecular flexibility index (Phi) is 12.0. The van der Waals surface area contributed by atoms with E-state index in [0.717, 1.165) is 57.6 Å². The first kappa shape index (κ1) is 35.6. The monoisotopic (exact) mass is 749 g/mol. The second-order valence-electron chi connectivity index (χ2n) is 12.5. The molecule has 1 unspecified atom stereocenters. The Hall–Kier alpha value is -3.66. The molecule has 0 aromatic heterocycles. The Morgan fingerprint density at radius 3 is 2.25 bits per heavy atom. The summed E-state index contributed by atoms with van der Waals surface area (Å²) in [6.45, 7) is 3.22. The molecule has 0 radical (unpaired) electrons. The third kappa shape index (κ3) is 9.07. The van der Waals surface area contributed by atoms with Gasteiger partial charge in [0.05, 0.1) is 10.6 Å². The van der Waals surface area contributed by atoms with Gasteiger partial charge in [-0.15, -0.1) is 0 Å². The lowest BCUT2D eigenvalue weighted by Crippen LogP contribution is -2.55. The van der Waals surface area contributed by atoms with Crippen LogP contribution in [0.3, 0.4) is 0 Å². The van der Waals surface area contributed by atoms with Crippen LogP contribution in [0, 0.1) is 13.8 Å². The van der Waals surface area contributed by atoms with Crippen LogP contribution >= 0.6 is 27.5 Å². The number of nitrogens with zero attached hydrogens (tertiary/aromatic N) is 2. The average molecular weight is 751 g/mol. The van der Waals surface area contributed by atoms with Gasteiger partial charge in [0.2, 0.25) is 11.8 Å². The van der Waals surface area contributed by atoms with E-state index in [0.29, 0.717) is 16.3 Å². The minimum Gasteiger partial charge on any atom is -0.352 e. The van der Waals surface area contributed by atoms with Gasteiger partial charge in [0.1, 0.15) is 12.6 Å². The molecule has 1 aliphatic carbocycles. The summed E-state index contributed by atoms with van der Waals surface area (Å²) >= 11 is 9.93. The third-order valence-electron chi connectivity index (χ3n) is 8.79. The molecule has 1 atom stereocenters. The fraction of sp³-hybridized carbons (Fsp3) is 0.316. The lowest BCUT2D eigenvalue weighted by Gasteiger charge is -2.35. The number of rotatable bonds is 12. The van der Waals surface area contributed by atoms with Crippen molar-refractivity contribution in [3.05, 3.63) is 129 Å². The Balaban J connectivity index is 1.59. The van der Waals surface area contributed by atoms with Crippen molar-refractivity contribution < 1.29 is 18.0 Å². The molecule has 0 aliphatic heterocycles. The Labute approximate surface area is 297 Å². The van der Waals surface area contributed by atoms with Gasteiger partial charge in [0, 0.05) is 28.5 Å². The van der Waals surface area contributed by atoms with E-state index in [-0.39, 0.29) is 29.8 Å². The lowest BCUT2D eigenvalue weighted by atomic mass is 9.94. The summed E-state index contributed by atoms with van der Waals surface area (Å²) < 4.78 is 30.7. The second-order valence-corrected chi connectivity index (χ2v) is 15.7. The molecular weight excluding hydrogens is 710 g/mol. The standard InChI is InChI=1S/C38H41BrClN3O4S/c1-27-16-20-34(21-17-27)48(46,47)43(35-24-32(40)19-18-28(35)2)26-37(44)42(25-30-12-9-13-31(39)22-30)36(23-29-10-5-3-6-11-29)38(45)41-33-14-7-4-8-15-33/h3,5-6,9-13,16-22,24,33,36H,4,7-8,14-15,23,25-26H2,1-2H3,(H,41,45). The molecule has 10 heteroatoms. The molecule has 5 rings (SSSR count). The molecule has 1 fully saturated rings. The summed E-state index contributed by atoms with van der Waals surface area (Å²) in [4.78, 5) is 30.6. The number of sulfonamides is 1. The zero-order valence-electron chi connectivity index (χ0n) is 27.2. The molecule has 7 nitrogen and oxygen atoms in total. The number of hydrogen-bond donors (Lipinski definition) is 1. The Morgan fingerprint density at radius 2 is 1.56 bits per heavy atom. The predicted molar refractivity (Wildman–Crippen MR) is 196 cm³/mol. The van der Waals surface area contributed by atoms with Crippen LogP contribution in [-0.4, -0.2) is 43.8 Å². The first-order valence-electron chi connectivity index (χ1n) is 16.2. The smallest absolute Gasteiger partial charge is 0.264 e. The molecular formula is C38H41BrClN3O4S. The highest BCUT2D eigenvalue weighted by Crippen LogP contribution is 2.30. The van der Waals surface area contributed by atoms with Crippen molar-refractivity contribution in [3.63, 3.8) is 0 Å². The van der Waals surface area contributed by atoms with Crippen LogP contribution in [0.2, 0.25) is 5.02 Å². The highest BCUT2D eigenvalue weighted by molar-refractivity contribution is 9.10. The minimum absolute atomic E-state index is 0.0277. The number of benzene rings is 4. The molecule has 252 valence electrons. The summed E-state index contributed by atoms with van der Waals surface area (Å²) in [5.74, 6) is -0.759. The van der Waals surface area contributed by atoms with Crippen LogP contribution in [0.5, 0.6) is 0 Å². The van der Waals surface area contributed by atoms with Crippen molar-refractivity contribution in [2.24, 2.45) is 0 Å². The Morgan fingerprint density at radius 1 is 0.875 bits per heavy atom. The maximum Gasteiger partial charge on any atom is 0.264 e. The molecule has 4 aromatic rings. The van der Waals surface area contributed by atoms with E-state index in [1.165, 1.54) is 17.0 Å². The summed E-state index contributed by atoms with van der Waals surface area (Å²) in [6.07, 6.45) is 5.27. The molecule has 2 amide bonds. The normalized spacial score (nSPS) is 14.2. The molecule has 0 saturated heterocycles. The van der Waals surface area contributed by atoms with E-state index in [2.05, 4.69) is 21.2 Å². The maximum atomic E-state index is 14.8. The minimum atomic E-state index is -4.23. The zero-order valence-corrected chi connectivity index (χ0v) is 30.4. The fourth-order valence-electron chi connectivity index (χ4n) is 6.13. The molecule has 1 saturated carbocycles. The van der Waals surface area contributed by atoms with Crippen molar-refractivity contribution in [1.29, 1.82) is 0 Å². The van der Waals surface area contributed by atoms with Crippen LogP contribution < -0.4 is 9.62 Å². The van der Waals surface area contributed by atoms with Gasteiger partial charge in [-0.3, -0.25) is 13.9 Å². The van der Waals surface area contributed by atoms with Crippen LogP contribution in [-0.2, 0) is 32.6 Å². The van der Waals surface area contributed by atoms with E-state index in [1.807, 2.05) is 61.5 Å². The summed E-state index contributed by atoms with van der Waals surface area (Å²) in [5.41, 5.74) is 3.53. The van der Waals surface area contributed by atoms with Gasteiger partial charge in [-0.25, -0.2) is 8.42 Å². The van der Waals surface area contributed by atoms with Crippen LogP contribution in [0.15, 0.2) is 106 Å². The number of nitrogens with one attached hydrogen (secondary N) is 1. The number of halogens is 2. The van der Waals surface area contributed by atoms with Crippen LogP contribution in [0.25, 0.3) is 0 Å². The van der Waals surface area contributed by atoms with Crippen molar-refractivity contribution in [1.82, 2.24) is 10.2 Å². The highest BCUT2D eigenvalue weighted by Gasteiger charge is 2.36. The van der Waals surface area contributed by atoms with Gasteiger partial charge in [-0.1, -0.05) is 113 Å². The fourth-order valence-corrected chi connectivity index (χ4v) is 8.22. The summed E-state index contributed by atoms with van der Waals surface area (Å²) in [6, 6.07) is 27.8. The number of aryl methyl sites for hydroxylation is 2. The number of hydrogen-bond acceptors (Lipinski definition) is 4. The summed E-state index contributed by atoms with van der Waals surface area (Å²) in [5, 5.41) is 3.58. The quantitative estimate of drug-likeness (QED) is 0.159. The van der Waals surface area contributed by atoms with Crippen LogP contribution in [0.1, 0.15) is 54.4 Å². The largest absolute Gasteiger partial charge is 0.352 e. The van der Waals surface area contributed by atoms with E-state index in [4.69, 9.17) is 11.6 Å². The number of carbonyl (C=O) groups is 2. The van der Waals surface area contributed by atoms with E-state index < -0.39 is 28.5 Å². The first-order valence-corrected chi connectivity index (χ1v) is 18.9. The van der Waals surface area contributed by atoms with Gasteiger partial charge >= 0.3 is 0 Å². The van der Waals surface area contributed by atoms with Gasteiger partial charge < -0.3 is 10.2 Å². The van der Waals surface area contributed by atoms with Crippen molar-refractivity contribution >= 4 is 55.1 Å². The van der Waals surface area contributed by atoms with Crippen LogP contribution in [0.4, 0.5) is 5.69 Å². The first-order chi connectivity index (χ1) is 23.0. The molecule has 0 spiro atoms. The molecule has 0 bridgehead atoms. The SMILES string of the molecule is Cc1ccc(S(=O)(=O)N(CC(=O)N(Cc2cccc(Br)c2)C(Cc2ccccc2)C(=O)NC2CCCCC2)c2cc(Cl)ccc2C)cc1. The lowest BCUT2D eigenvalue weighted by molar-refractivity contribution is -0.140. The van der Waals surface area contributed by atoms with Gasteiger partial charge in [-0.2, -0.15) is 0 Å². The van der Waals surface area contributed by atoms with Gasteiger partial charge in [0.15, 0.2) is 0 Å². The molecule has 4 aromatic carbocycles. The molecule has 0 heterocycles. The van der Waals surface area contributed by atoms with E-state index in [1.54, 1.807) is 37.3 Å². The van der Waals surface area contributed by atoms with E-state index in [9.17, 15) is 18.0 Å².